The first kappa shape index (κ1) is 12.4. The van der Waals surface area contributed by atoms with E-state index >= 15 is 0 Å². The van der Waals surface area contributed by atoms with E-state index < -0.39 is 0 Å². The number of rotatable bonds is 2. The van der Waals surface area contributed by atoms with Crippen LogP contribution in [0.4, 0.5) is 0 Å². The first-order chi connectivity index (χ1) is 10.3. The standard InChI is InChI=1S/C18H14N2S/c1-3-11-15(10-19-2)20-14-9-8-13-12-6-4-5-7-16(12)21-18(13)17(11)14/h3-10,20H,1H2,2H3. The van der Waals surface area contributed by atoms with E-state index in [9.17, 15) is 0 Å². The van der Waals surface area contributed by atoms with Gasteiger partial charge in [0.25, 0.3) is 0 Å². The third-order valence-corrected chi connectivity index (χ3v) is 5.04. The number of thiophene rings is 1. The van der Waals surface area contributed by atoms with Crippen molar-refractivity contribution in [2.75, 3.05) is 7.05 Å². The maximum absolute atomic E-state index is 4.13. The van der Waals surface area contributed by atoms with Gasteiger partial charge in [0.1, 0.15) is 0 Å². The monoisotopic (exact) mass is 290 g/mol. The molecule has 2 heterocycles. The molecule has 0 saturated carbocycles. The number of benzene rings is 2. The predicted molar refractivity (Wildman–Crippen MR) is 94.8 cm³/mol. The molecule has 0 aliphatic rings. The largest absolute Gasteiger partial charge is 0.353 e. The highest BCUT2D eigenvalue weighted by Gasteiger charge is 2.14. The minimum atomic E-state index is 1.02. The molecule has 3 heteroatoms. The Morgan fingerprint density at radius 2 is 2.00 bits per heavy atom. The summed E-state index contributed by atoms with van der Waals surface area (Å²) in [5, 5.41) is 3.88. The van der Waals surface area contributed by atoms with Crippen LogP contribution in [0.1, 0.15) is 11.3 Å². The van der Waals surface area contributed by atoms with Crippen LogP contribution in [0.2, 0.25) is 0 Å². The van der Waals surface area contributed by atoms with Gasteiger partial charge in [0.15, 0.2) is 0 Å². The van der Waals surface area contributed by atoms with Crippen molar-refractivity contribution in [3.05, 3.63) is 54.2 Å². The second-order valence-electron chi connectivity index (χ2n) is 5.01. The summed E-state index contributed by atoms with van der Waals surface area (Å²) in [5.74, 6) is 0. The van der Waals surface area contributed by atoms with E-state index in [1.165, 1.54) is 25.6 Å². The Kier molecular flexibility index (Phi) is 2.69. The Morgan fingerprint density at radius 1 is 1.14 bits per heavy atom. The van der Waals surface area contributed by atoms with Gasteiger partial charge < -0.3 is 4.98 Å². The minimum absolute atomic E-state index is 1.02. The fourth-order valence-corrected chi connectivity index (χ4v) is 4.21. The fraction of sp³-hybridized carbons (Fsp3) is 0.0556. The predicted octanol–water partition coefficient (Wildman–Crippen LogP) is 5.23. The average Bonchev–Trinajstić information content (AvgIpc) is 3.04. The van der Waals surface area contributed by atoms with Gasteiger partial charge in [-0.25, -0.2) is 0 Å². The number of H-pyrrole nitrogens is 1. The summed E-state index contributed by atoms with van der Waals surface area (Å²) < 4.78 is 2.64. The Balaban J connectivity index is 2.24. The number of aliphatic imine (C=N–C) groups is 1. The molecule has 2 nitrogen and oxygen atoms in total. The lowest BCUT2D eigenvalue weighted by atomic mass is 10.1. The molecule has 0 atom stereocenters. The van der Waals surface area contributed by atoms with Crippen LogP contribution < -0.4 is 0 Å². The average molecular weight is 290 g/mol. The zero-order chi connectivity index (χ0) is 14.4. The number of fused-ring (bicyclic) bond motifs is 5. The van der Waals surface area contributed by atoms with E-state index in [0.29, 0.717) is 0 Å². The molecule has 0 aliphatic carbocycles. The van der Waals surface area contributed by atoms with Crippen molar-refractivity contribution in [1.82, 2.24) is 4.98 Å². The van der Waals surface area contributed by atoms with Crippen LogP contribution in [-0.2, 0) is 0 Å². The van der Waals surface area contributed by atoms with E-state index in [1.807, 2.05) is 23.6 Å². The Bertz CT molecular complexity index is 1020. The lowest BCUT2D eigenvalue weighted by Gasteiger charge is -1.96. The summed E-state index contributed by atoms with van der Waals surface area (Å²) in [4.78, 5) is 7.57. The zero-order valence-corrected chi connectivity index (χ0v) is 12.5. The van der Waals surface area contributed by atoms with Crippen molar-refractivity contribution in [3.63, 3.8) is 0 Å². The quantitative estimate of drug-likeness (QED) is 0.490. The second kappa shape index (κ2) is 4.57. The van der Waals surface area contributed by atoms with Crippen LogP contribution in [0.5, 0.6) is 0 Å². The molecule has 0 radical (unpaired) electrons. The van der Waals surface area contributed by atoms with Crippen LogP contribution in [0.15, 0.2) is 48.0 Å². The smallest absolute Gasteiger partial charge is 0.0646 e. The molecule has 4 rings (SSSR count). The maximum Gasteiger partial charge on any atom is 0.0646 e. The molecule has 0 unspecified atom stereocenters. The number of nitrogens with zero attached hydrogens (tertiary/aromatic N) is 1. The first-order valence-electron chi connectivity index (χ1n) is 6.84. The van der Waals surface area contributed by atoms with Gasteiger partial charge >= 0.3 is 0 Å². The molecule has 2 aromatic heterocycles. The van der Waals surface area contributed by atoms with Gasteiger partial charge in [0.05, 0.1) is 5.69 Å². The lowest BCUT2D eigenvalue weighted by Crippen LogP contribution is -1.82. The molecule has 0 spiro atoms. The normalized spacial score (nSPS) is 12.0. The van der Waals surface area contributed by atoms with Gasteiger partial charge in [0, 0.05) is 49.9 Å². The highest BCUT2D eigenvalue weighted by atomic mass is 32.1. The summed E-state index contributed by atoms with van der Waals surface area (Å²) in [7, 11) is 1.79. The summed E-state index contributed by atoms with van der Waals surface area (Å²) in [6.07, 6.45) is 3.77. The van der Waals surface area contributed by atoms with Crippen molar-refractivity contribution >= 4 is 54.7 Å². The van der Waals surface area contributed by atoms with Crippen molar-refractivity contribution in [1.29, 1.82) is 0 Å². The second-order valence-corrected chi connectivity index (χ2v) is 6.06. The van der Waals surface area contributed by atoms with Gasteiger partial charge in [-0.3, -0.25) is 4.99 Å². The highest BCUT2D eigenvalue weighted by Crippen LogP contribution is 2.40. The van der Waals surface area contributed by atoms with Gasteiger partial charge in [-0.2, -0.15) is 0 Å². The molecule has 0 saturated heterocycles. The number of aromatic amines is 1. The van der Waals surface area contributed by atoms with Crippen LogP contribution in [0, 0.1) is 0 Å². The molecular weight excluding hydrogens is 276 g/mol. The molecular formula is C18H14N2S. The van der Waals surface area contributed by atoms with Gasteiger partial charge in [-0.1, -0.05) is 36.9 Å². The maximum atomic E-state index is 4.13. The van der Waals surface area contributed by atoms with Gasteiger partial charge in [-0.15, -0.1) is 11.3 Å². The summed E-state index contributed by atoms with van der Waals surface area (Å²) in [6, 6.07) is 12.9. The van der Waals surface area contributed by atoms with Crippen LogP contribution in [0.25, 0.3) is 37.2 Å². The Hall–Kier alpha value is -2.39. The van der Waals surface area contributed by atoms with Crippen molar-refractivity contribution < 1.29 is 0 Å². The third-order valence-electron chi connectivity index (χ3n) is 3.84. The Morgan fingerprint density at radius 3 is 2.81 bits per heavy atom. The highest BCUT2D eigenvalue weighted by molar-refractivity contribution is 7.26. The summed E-state index contributed by atoms with van der Waals surface area (Å²) in [6.45, 7) is 3.98. The molecule has 21 heavy (non-hydrogen) atoms. The van der Waals surface area contributed by atoms with E-state index in [4.69, 9.17) is 0 Å². The van der Waals surface area contributed by atoms with E-state index in [0.717, 1.165) is 16.8 Å². The molecule has 0 fully saturated rings. The number of hydrogen-bond donors (Lipinski definition) is 1. The molecule has 2 aromatic carbocycles. The van der Waals surface area contributed by atoms with Crippen molar-refractivity contribution in [2.45, 2.75) is 0 Å². The zero-order valence-electron chi connectivity index (χ0n) is 11.7. The van der Waals surface area contributed by atoms with E-state index in [-0.39, 0.29) is 0 Å². The molecule has 102 valence electrons. The molecule has 0 aliphatic heterocycles. The van der Waals surface area contributed by atoms with E-state index in [1.54, 1.807) is 7.05 Å². The van der Waals surface area contributed by atoms with Crippen LogP contribution >= 0.6 is 11.3 Å². The van der Waals surface area contributed by atoms with Gasteiger partial charge in [-0.05, 0) is 12.1 Å². The first-order valence-corrected chi connectivity index (χ1v) is 7.65. The molecule has 1 N–H and O–H groups in total. The summed E-state index contributed by atoms with van der Waals surface area (Å²) >= 11 is 1.84. The number of aromatic nitrogens is 1. The van der Waals surface area contributed by atoms with E-state index in [2.05, 4.69) is 53.0 Å². The van der Waals surface area contributed by atoms with Crippen LogP contribution in [-0.4, -0.2) is 18.2 Å². The Labute approximate surface area is 126 Å². The van der Waals surface area contributed by atoms with Crippen LogP contribution in [0.3, 0.4) is 0 Å². The topological polar surface area (TPSA) is 28.1 Å². The SMILES string of the molecule is C=Cc1c(C=NC)[nH]c2ccc3c4ccccc4sc3c12. The molecule has 0 bridgehead atoms. The number of nitrogens with one attached hydrogen (secondary N) is 1. The van der Waals surface area contributed by atoms with Crippen molar-refractivity contribution in [2.24, 2.45) is 4.99 Å². The summed E-state index contributed by atoms with van der Waals surface area (Å²) in [5.41, 5.74) is 3.29. The van der Waals surface area contributed by atoms with Gasteiger partial charge in [0.2, 0.25) is 0 Å². The van der Waals surface area contributed by atoms with Crippen molar-refractivity contribution in [3.8, 4) is 0 Å². The minimum Gasteiger partial charge on any atom is -0.353 e. The fourth-order valence-electron chi connectivity index (χ4n) is 2.95. The lowest BCUT2D eigenvalue weighted by molar-refractivity contribution is 1.39. The third kappa shape index (κ3) is 1.68. The molecule has 4 aromatic rings. The number of hydrogen-bond acceptors (Lipinski definition) is 2. The molecule has 0 amide bonds.